The Labute approximate surface area is 122 Å². The molecule has 0 aromatic heterocycles. The number of aliphatic carboxylic acids is 1. The molecule has 7 heteroatoms. The second kappa shape index (κ2) is 6.83. The second-order valence-corrected chi connectivity index (χ2v) is 4.64. The highest BCUT2D eigenvalue weighted by molar-refractivity contribution is 5.75. The summed E-state index contributed by atoms with van der Waals surface area (Å²) in [5, 5.41) is 13.9. The number of urea groups is 1. The van der Waals surface area contributed by atoms with Crippen molar-refractivity contribution in [2.45, 2.75) is 18.9 Å². The highest BCUT2D eigenvalue weighted by Gasteiger charge is 2.23. The van der Waals surface area contributed by atoms with Crippen LogP contribution in [0.5, 0.6) is 11.5 Å². The van der Waals surface area contributed by atoms with Gasteiger partial charge in [-0.15, -0.1) is 0 Å². The van der Waals surface area contributed by atoms with Crippen LogP contribution in [0.25, 0.3) is 0 Å². The molecule has 0 saturated heterocycles. The van der Waals surface area contributed by atoms with Gasteiger partial charge in [-0.3, -0.25) is 4.79 Å². The molecule has 1 aliphatic heterocycles. The topological polar surface area (TPSA) is 96.9 Å². The first-order chi connectivity index (χ1) is 10.1. The number of ether oxygens (including phenoxy) is 2. The monoisotopic (exact) mass is 294 g/mol. The number of rotatable bonds is 5. The van der Waals surface area contributed by atoms with Gasteiger partial charge in [0.1, 0.15) is 11.5 Å². The molecule has 21 heavy (non-hydrogen) atoms. The maximum Gasteiger partial charge on any atom is 0.315 e. The van der Waals surface area contributed by atoms with Gasteiger partial charge >= 0.3 is 12.0 Å². The number of amides is 2. The highest BCUT2D eigenvalue weighted by atomic mass is 16.5. The van der Waals surface area contributed by atoms with Crippen molar-refractivity contribution in [3.8, 4) is 11.5 Å². The summed E-state index contributed by atoms with van der Waals surface area (Å²) in [6.45, 7) is 0.606. The standard InChI is InChI=1S/C14H18N2O5/c1-20-9-2-3-12-10(8-9)11(5-7-21-12)16-14(19)15-6-4-13(17)18/h2-3,8,11H,4-7H2,1H3,(H,17,18)(H2,15,16,19)/t11-/m0/s1. The van der Waals surface area contributed by atoms with Gasteiger partial charge in [0.05, 0.1) is 26.2 Å². The van der Waals surface area contributed by atoms with Crippen LogP contribution in [-0.4, -0.2) is 37.4 Å². The van der Waals surface area contributed by atoms with E-state index < -0.39 is 12.0 Å². The highest BCUT2D eigenvalue weighted by Crippen LogP contribution is 2.34. The van der Waals surface area contributed by atoms with Crippen molar-refractivity contribution in [1.29, 1.82) is 0 Å². The number of carboxylic acid groups (broad SMARTS) is 1. The van der Waals surface area contributed by atoms with Crippen LogP contribution in [-0.2, 0) is 4.79 Å². The summed E-state index contributed by atoms with van der Waals surface area (Å²) in [5.41, 5.74) is 0.856. The first-order valence-corrected chi connectivity index (χ1v) is 6.67. The Morgan fingerprint density at radius 3 is 3.00 bits per heavy atom. The molecule has 0 unspecified atom stereocenters. The van der Waals surface area contributed by atoms with E-state index in [9.17, 15) is 9.59 Å². The molecular weight excluding hydrogens is 276 g/mol. The lowest BCUT2D eigenvalue weighted by Crippen LogP contribution is -2.40. The number of carbonyl (C=O) groups excluding carboxylic acids is 1. The molecule has 114 valence electrons. The average Bonchev–Trinajstić information content (AvgIpc) is 2.46. The Morgan fingerprint density at radius 1 is 1.48 bits per heavy atom. The van der Waals surface area contributed by atoms with E-state index in [1.54, 1.807) is 13.2 Å². The fourth-order valence-corrected chi connectivity index (χ4v) is 2.14. The number of methoxy groups -OCH3 is 1. The third kappa shape index (κ3) is 4.01. The van der Waals surface area contributed by atoms with Gasteiger partial charge in [0, 0.05) is 18.5 Å². The largest absolute Gasteiger partial charge is 0.497 e. The molecule has 1 aromatic carbocycles. The predicted octanol–water partition coefficient (Wildman–Crippen LogP) is 1.29. The van der Waals surface area contributed by atoms with Gasteiger partial charge in [0.25, 0.3) is 0 Å². The van der Waals surface area contributed by atoms with Gasteiger partial charge in [0.15, 0.2) is 0 Å². The van der Waals surface area contributed by atoms with Crippen LogP contribution in [0.4, 0.5) is 4.79 Å². The molecular formula is C14H18N2O5. The minimum Gasteiger partial charge on any atom is -0.497 e. The van der Waals surface area contributed by atoms with E-state index in [2.05, 4.69) is 10.6 Å². The van der Waals surface area contributed by atoms with Gasteiger partial charge < -0.3 is 25.2 Å². The van der Waals surface area contributed by atoms with Gasteiger partial charge in [-0.1, -0.05) is 0 Å². The van der Waals surface area contributed by atoms with Gasteiger partial charge in [-0.25, -0.2) is 4.79 Å². The maximum absolute atomic E-state index is 11.8. The fourth-order valence-electron chi connectivity index (χ4n) is 2.14. The van der Waals surface area contributed by atoms with Gasteiger partial charge in [0.2, 0.25) is 0 Å². The number of hydrogen-bond acceptors (Lipinski definition) is 4. The van der Waals surface area contributed by atoms with Crippen molar-refractivity contribution in [2.75, 3.05) is 20.3 Å². The second-order valence-electron chi connectivity index (χ2n) is 4.64. The smallest absolute Gasteiger partial charge is 0.315 e. The van der Waals surface area contributed by atoms with Crippen LogP contribution in [0.2, 0.25) is 0 Å². The van der Waals surface area contributed by atoms with E-state index in [4.69, 9.17) is 14.6 Å². The van der Waals surface area contributed by atoms with E-state index in [0.29, 0.717) is 18.8 Å². The molecule has 0 aliphatic carbocycles. The lowest BCUT2D eigenvalue weighted by molar-refractivity contribution is -0.136. The molecule has 1 aromatic rings. The number of carbonyl (C=O) groups is 2. The van der Waals surface area contributed by atoms with Crippen molar-refractivity contribution >= 4 is 12.0 Å². The number of fused-ring (bicyclic) bond motifs is 1. The van der Waals surface area contributed by atoms with Gasteiger partial charge in [-0.2, -0.15) is 0 Å². The number of benzene rings is 1. The Balaban J connectivity index is 1.99. The lowest BCUT2D eigenvalue weighted by atomic mass is 10.0. The number of hydrogen-bond donors (Lipinski definition) is 3. The van der Waals surface area contributed by atoms with E-state index in [-0.39, 0.29) is 19.0 Å². The normalized spacial score (nSPS) is 16.3. The molecule has 0 spiro atoms. The van der Waals surface area contributed by atoms with E-state index >= 15 is 0 Å². The van der Waals surface area contributed by atoms with E-state index in [1.807, 2.05) is 12.1 Å². The molecule has 1 atom stereocenters. The quantitative estimate of drug-likeness (QED) is 0.760. The Morgan fingerprint density at radius 2 is 2.29 bits per heavy atom. The maximum atomic E-state index is 11.8. The lowest BCUT2D eigenvalue weighted by Gasteiger charge is -2.27. The summed E-state index contributed by atoms with van der Waals surface area (Å²) in [6, 6.07) is 4.86. The van der Waals surface area contributed by atoms with Crippen molar-refractivity contribution < 1.29 is 24.2 Å². The SMILES string of the molecule is COc1ccc2c(c1)[C@@H](NC(=O)NCCC(=O)O)CCO2. The summed E-state index contributed by atoms with van der Waals surface area (Å²) in [6.07, 6.45) is 0.540. The summed E-state index contributed by atoms with van der Waals surface area (Å²) in [5.74, 6) is 0.465. The number of carboxylic acids is 1. The van der Waals surface area contributed by atoms with Crippen LogP contribution < -0.4 is 20.1 Å². The molecule has 7 nitrogen and oxygen atoms in total. The molecule has 2 rings (SSSR count). The van der Waals surface area contributed by atoms with Gasteiger partial charge in [-0.05, 0) is 18.2 Å². The summed E-state index contributed by atoms with van der Waals surface area (Å²) < 4.78 is 10.7. The van der Waals surface area contributed by atoms with Crippen molar-refractivity contribution in [3.63, 3.8) is 0 Å². The van der Waals surface area contributed by atoms with Crippen molar-refractivity contribution in [1.82, 2.24) is 10.6 Å². The van der Waals surface area contributed by atoms with E-state index in [0.717, 1.165) is 11.3 Å². The fraction of sp³-hybridized carbons (Fsp3) is 0.429. The Hall–Kier alpha value is -2.44. The van der Waals surface area contributed by atoms with Crippen LogP contribution in [0.1, 0.15) is 24.4 Å². The van der Waals surface area contributed by atoms with Crippen LogP contribution in [0.3, 0.4) is 0 Å². The third-order valence-electron chi connectivity index (χ3n) is 3.19. The van der Waals surface area contributed by atoms with Crippen LogP contribution in [0.15, 0.2) is 18.2 Å². The third-order valence-corrected chi connectivity index (χ3v) is 3.19. The van der Waals surface area contributed by atoms with E-state index in [1.165, 1.54) is 0 Å². The molecule has 2 amide bonds. The molecule has 0 bridgehead atoms. The summed E-state index contributed by atoms with van der Waals surface area (Å²) in [4.78, 5) is 22.2. The molecule has 0 saturated carbocycles. The predicted molar refractivity (Wildman–Crippen MR) is 74.6 cm³/mol. The molecule has 3 N–H and O–H groups in total. The van der Waals surface area contributed by atoms with Crippen molar-refractivity contribution in [2.24, 2.45) is 0 Å². The summed E-state index contributed by atoms with van der Waals surface area (Å²) >= 11 is 0. The first kappa shape index (κ1) is 15.0. The zero-order valence-electron chi connectivity index (χ0n) is 11.7. The first-order valence-electron chi connectivity index (χ1n) is 6.67. The number of nitrogens with one attached hydrogen (secondary N) is 2. The zero-order valence-corrected chi connectivity index (χ0v) is 11.7. The zero-order chi connectivity index (χ0) is 15.2. The molecule has 1 aliphatic rings. The Kier molecular flexibility index (Phi) is 4.86. The van der Waals surface area contributed by atoms with Crippen LogP contribution >= 0.6 is 0 Å². The van der Waals surface area contributed by atoms with Crippen LogP contribution in [0, 0.1) is 0 Å². The average molecular weight is 294 g/mol. The molecule has 1 heterocycles. The molecule has 0 radical (unpaired) electrons. The minimum absolute atomic E-state index is 0.0926. The van der Waals surface area contributed by atoms with Crippen molar-refractivity contribution in [3.05, 3.63) is 23.8 Å². The minimum atomic E-state index is -0.948. The molecule has 0 fully saturated rings. The Bertz CT molecular complexity index is 532. The summed E-state index contributed by atoms with van der Waals surface area (Å²) in [7, 11) is 1.58.